The topological polar surface area (TPSA) is 79.3 Å². The minimum atomic E-state index is -5.08. The van der Waals surface area contributed by atoms with Crippen molar-refractivity contribution in [1.82, 2.24) is 9.80 Å². The van der Waals surface area contributed by atoms with Crippen LogP contribution in [0.15, 0.2) is 24.3 Å². The highest BCUT2D eigenvalue weighted by atomic mass is 19.4. The number of carbonyl (C=O) groups excluding carboxylic acids is 1. The number of likely N-dealkylation sites (N-methyl/N-ethyl adjacent to an activating group) is 1. The van der Waals surface area contributed by atoms with Crippen LogP contribution in [-0.2, 0) is 14.3 Å². The lowest BCUT2D eigenvalue weighted by atomic mass is 10.0. The standard InChI is InChI=1S/C19H28N2O3.C2HF3O2/c1-14-7-4-5-8-15(14)19(22)21-13-17(23-12-10-20(2)3)18-16(21)9-6-11-24-18;3-2(4,5)1(6)7/h4-5,7-8,16-18H,6,9-13H2,1-3H3;(H,6,7)/t16-,17+,18+;/m1./s1. The van der Waals surface area contributed by atoms with Gasteiger partial charge < -0.3 is 24.4 Å². The van der Waals surface area contributed by atoms with Gasteiger partial charge in [0.05, 0.1) is 19.2 Å². The highest BCUT2D eigenvalue weighted by Crippen LogP contribution is 2.32. The van der Waals surface area contributed by atoms with Crippen LogP contribution in [0.25, 0.3) is 0 Å². The number of fused-ring (bicyclic) bond motifs is 1. The Bertz CT molecular complexity index is 757. The monoisotopic (exact) mass is 446 g/mol. The van der Waals surface area contributed by atoms with Gasteiger partial charge in [0, 0.05) is 18.7 Å². The predicted octanol–water partition coefficient (Wildman–Crippen LogP) is 2.58. The summed E-state index contributed by atoms with van der Waals surface area (Å²) in [5.41, 5.74) is 1.81. The Hall–Kier alpha value is -2.17. The largest absolute Gasteiger partial charge is 0.490 e. The van der Waals surface area contributed by atoms with E-state index in [0.717, 1.165) is 37.1 Å². The van der Waals surface area contributed by atoms with Gasteiger partial charge in [-0.15, -0.1) is 0 Å². The second-order valence-corrected chi connectivity index (χ2v) is 7.83. The quantitative estimate of drug-likeness (QED) is 0.749. The number of halogens is 3. The van der Waals surface area contributed by atoms with Gasteiger partial charge in [-0.1, -0.05) is 18.2 Å². The molecule has 0 aliphatic carbocycles. The summed E-state index contributed by atoms with van der Waals surface area (Å²) in [7, 11) is 4.07. The summed E-state index contributed by atoms with van der Waals surface area (Å²) in [5, 5.41) is 7.12. The van der Waals surface area contributed by atoms with Crippen molar-refractivity contribution in [3.05, 3.63) is 35.4 Å². The molecule has 1 aromatic rings. The molecule has 2 fully saturated rings. The van der Waals surface area contributed by atoms with E-state index < -0.39 is 12.1 Å². The molecule has 0 spiro atoms. The number of aliphatic carboxylic acids is 1. The van der Waals surface area contributed by atoms with Gasteiger partial charge in [0.1, 0.15) is 12.2 Å². The fourth-order valence-electron chi connectivity index (χ4n) is 3.64. The zero-order chi connectivity index (χ0) is 23.2. The molecular weight excluding hydrogens is 417 g/mol. The first-order chi connectivity index (χ1) is 14.5. The molecule has 7 nitrogen and oxygen atoms in total. The van der Waals surface area contributed by atoms with E-state index in [0.29, 0.717) is 13.2 Å². The van der Waals surface area contributed by atoms with Crippen LogP contribution in [0.1, 0.15) is 28.8 Å². The molecule has 0 unspecified atom stereocenters. The Morgan fingerprint density at radius 3 is 2.52 bits per heavy atom. The average molecular weight is 446 g/mol. The smallest absolute Gasteiger partial charge is 0.475 e. The van der Waals surface area contributed by atoms with Gasteiger partial charge in [0.25, 0.3) is 5.91 Å². The van der Waals surface area contributed by atoms with Gasteiger partial charge in [-0.05, 0) is 45.5 Å². The lowest BCUT2D eigenvalue weighted by molar-refractivity contribution is -0.192. The molecule has 31 heavy (non-hydrogen) atoms. The van der Waals surface area contributed by atoms with E-state index in [1.165, 1.54) is 0 Å². The predicted molar refractivity (Wildman–Crippen MR) is 107 cm³/mol. The molecule has 0 saturated carbocycles. The second-order valence-electron chi connectivity index (χ2n) is 7.83. The first-order valence-electron chi connectivity index (χ1n) is 10.1. The minimum Gasteiger partial charge on any atom is -0.475 e. The maximum absolute atomic E-state index is 13.1. The SMILES string of the molecule is Cc1ccccc1C(=O)N1C[C@H](OCCN(C)C)[C@H]2OCCC[C@H]21.O=C(O)C(F)(F)F. The van der Waals surface area contributed by atoms with Gasteiger partial charge in [0.2, 0.25) is 0 Å². The van der Waals surface area contributed by atoms with E-state index in [2.05, 4.69) is 4.90 Å². The summed E-state index contributed by atoms with van der Waals surface area (Å²) in [5.74, 6) is -2.65. The fourth-order valence-corrected chi connectivity index (χ4v) is 3.64. The Morgan fingerprint density at radius 2 is 1.94 bits per heavy atom. The summed E-state index contributed by atoms with van der Waals surface area (Å²) in [4.78, 5) is 26.0. The molecule has 0 radical (unpaired) electrons. The molecule has 3 rings (SSSR count). The number of nitrogens with zero attached hydrogens (tertiary/aromatic N) is 2. The van der Waals surface area contributed by atoms with Crippen LogP contribution < -0.4 is 0 Å². The van der Waals surface area contributed by atoms with Crippen LogP contribution in [0, 0.1) is 6.92 Å². The average Bonchev–Trinajstić information content (AvgIpc) is 3.06. The van der Waals surface area contributed by atoms with Gasteiger partial charge in [-0.3, -0.25) is 4.79 Å². The molecular formula is C21H29F3N2O5. The molecule has 2 saturated heterocycles. The molecule has 3 atom stereocenters. The third-order valence-corrected chi connectivity index (χ3v) is 5.23. The molecule has 1 amide bonds. The van der Waals surface area contributed by atoms with E-state index in [1.54, 1.807) is 0 Å². The Balaban J connectivity index is 0.000000423. The van der Waals surface area contributed by atoms with Crippen molar-refractivity contribution in [3.63, 3.8) is 0 Å². The van der Waals surface area contributed by atoms with E-state index in [9.17, 15) is 18.0 Å². The maximum Gasteiger partial charge on any atom is 0.490 e. The summed E-state index contributed by atoms with van der Waals surface area (Å²) < 4.78 is 43.8. The summed E-state index contributed by atoms with van der Waals surface area (Å²) in [6.45, 7) is 4.91. The van der Waals surface area contributed by atoms with Crippen LogP contribution in [0.5, 0.6) is 0 Å². The number of benzene rings is 1. The molecule has 174 valence electrons. The van der Waals surface area contributed by atoms with Crippen molar-refractivity contribution in [1.29, 1.82) is 0 Å². The highest BCUT2D eigenvalue weighted by Gasteiger charge is 2.46. The molecule has 2 aliphatic heterocycles. The maximum atomic E-state index is 13.1. The third-order valence-electron chi connectivity index (χ3n) is 5.23. The number of rotatable bonds is 5. The minimum absolute atomic E-state index is 0.00822. The molecule has 0 bridgehead atoms. The van der Waals surface area contributed by atoms with Gasteiger partial charge in [-0.25, -0.2) is 4.79 Å². The van der Waals surface area contributed by atoms with Gasteiger partial charge in [-0.2, -0.15) is 13.2 Å². The van der Waals surface area contributed by atoms with Crippen molar-refractivity contribution in [3.8, 4) is 0 Å². The van der Waals surface area contributed by atoms with E-state index >= 15 is 0 Å². The molecule has 10 heteroatoms. The third kappa shape index (κ3) is 6.91. The lowest BCUT2D eigenvalue weighted by Gasteiger charge is -2.32. The number of carbonyl (C=O) groups is 2. The number of ether oxygens (including phenoxy) is 2. The number of aryl methyl sites for hydroxylation is 1. The van der Waals surface area contributed by atoms with Crippen molar-refractivity contribution < 1.29 is 37.3 Å². The van der Waals surface area contributed by atoms with Crippen molar-refractivity contribution in [2.24, 2.45) is 0 Å². The van der Waals surface area contributed by atoms with E-state index in [1.807, 2.05) is 50.2 Å². The van der Waals surface area contributed by atoms with Crippen LogP contribution in [0.2, 0.25) is 0 Å². The van der Waals surface area contributed by atoms with Crippen LogP contribution in [0.3, 0.4) is 0 Å². The van der Waals surface area contributed by atoms with Crippen LogP contribution in [0.4, 0.5) is 13.2 Å². The fraction of sp³-hybridized carbons (Fsp3) is 0.619. The zero-order valence-electron chi connectivity index (χ0n) is 17.9. The zero-order valence-corrected chi connectivity index (χ0v) is 17.9. The molecule has 0 aromatic heterocycles. The summed E-state index contributed by atoms with van der Waals surface area (Å²) in [6.07, 6.45) is -3.10. The highest BCUT2D eigenvalue weighted by molar-refractivity contribution is 5.96. The number of hydrogen-bond donors (Lipinski definition) is 1. The molecule has 1 aromatic carbocycles. The van der Waals surface area contributed by atoms with Crippen molar-refractivity contribution >= 4 is 11.9 Å². The Kier molecular flexibility index (Phi) is 8.84. The number of hydrogen-bond acceptors (Lipinski definition) is 5. The lowest BCUT2D eigenvalue weighted by Crippen LogP contribution is -2.44. The number of likely N-dealkylation sites (tertiary alicyclic amines) is 1. The van der Waals surface area contributed by atoms with Gasteiger partial charge in [0.15, 0.2) is 0 Å². The van der Waals surface area contributed by atoms with E-state index in [-0.39, 0.29) is 24.2 Å². The summed E-state index contributed by atoms with van der Waals surface area (Å²) in [6, 6.07) is 7.93. The number of amides is 1. The van der Waals surface area contributed by atoms with Crippen molar-refractivity contribution in [2.75, 3.05) is 40.4 Å². The Morgan fingerprint density at radius 1 is 1.29 bits per heavy atom. The number of carboxylic acid groups (broad SMARTS) is 1. The number of carboxylic acids is 1. The molecule has 2 heterocycles. The normalized spacial score (nSPS) is 23.2. The summed E-state index contributed by atoms with van der Waals surface area (Å²) >= 11 is 0. The van der Waals surface area contributed by atoms with Crippen molar-refractivity contribution in [2.45, 2.75) is 44.2 Å². The first-order valence-corrected chi connectivity index (χ1v) is 10.1. The van der Waals surface area contributed by atoms with E-state index in [4.69, 9.17) is 19.4 Å². The first kappa shape index (κ1) is 25.1. The molecule has 1 N–H and O–H groups in total. The second kappa shape index (κ2) is 10.9. The number of alkyl halides is 3. The molecule has 2 aliphatic rings. The van der Waals surface area contributed by atoms with Crippen LogP contribution in [-0.4, -0.2) is 91.6 Å². The Labute approximate surface area is 179 Å². The van der Waals surface area contributed by atoms with Crippen LogP contribution >= 0.6 is 0 Å². The van der Waals surface area contributed by atoms with Gasteiger partial charge >= 0.3 is 12.1 Å².